The molecule has 6 heteroatoms. The largest absolute Gasteiger partial charge is 0.326 e. The van der Waals surface area contributed by atoms with Crippen molar-refractivity contribution < 1.29 is 13.2 Å². The van der Waals surface area contributed by atoms with Crippen LogP contribution in [0, 0.1) is 6.92 Å². The molecule has 3 aromatic rings. The highest BCUT2D eigenvalue weighted by molar-refractivity contribution is 7.89. The summed E-state index contributed by atoms with van der Waals surface area (Å²) >= 11 is 0. The number of amides is 1. The minimum Gasteiger partial charge on any atom is -0.326 e. The fourth-order valence-electron chi connectivity index (χ4n) is 3.13. The number of hydrogen-bond donors (Lipinski definition) is 2. The third kappa shape index (κ3) is 5.78. The maximum Gasteiger partial charge on any atom is 0.241 e. The normalized spacial score (nSPS) is 12.3. The lowest BCUT2D eigenvalue weighted by atomic mass is 10.1. The molecule has 0 aliphatic rings. The van der Waals surface area contributed by atoms with E-state index in [-0.39, 0.29) is 16.8 Å². The van der Waals surface area contributed by atoms with Gasteiger partial charge in [-0.3, -0.25) is 4.79 Å². The fourth-order valence-corrected chi connectivity index (χ4v) is 4.36. The number of nitrogens with one attached hydrogen (secondary N) is 2. The van der Waals surface area contributed by atoms with Crippen LogP contribution in [0.3, 0.4) is 0 Å². The number of para-hydroxylation sites is 1. The highest BCUT2D eigenvalue weighted by Gasteiger charge is 2.18. The maximum atomic E-state index is 12.7. The van der Waals surface area contributed by atoms with E-state index in [1.807, 2.05) is 68.4 Å². The molecule has 0 aliphatic carbocycles. The second-order valence-electron chi connectivity index (χ2n) is 7.26. The number of rotatable bonds is 8. The minimum absolute atomic E-state index is 0.0700. The molecular formula is C24H26N2O3S. The topological polar surface area (TPSA) is 75.3 Å². The Balaban J connectivity index is 1.57. The molecule has 0 saturated carbocycles. The molecule has 0 spiro atoms. The number of benzene rings is 3. The van der Waals surface area contributed by atoms with Gasteiger partial charge >= 0.3 is 0 Å². The van der Waals surface area contributed by atoms with Crippen LogP contribution < -0.4 is 10.0 Å². The van der Waals surface area contributed by atoms with Crippen LogP contribution in [0.15, 0.2) is 83.8 Å². The number of carbonyl (C=O) groups is 1. The van der Waals surface area contributed by atoms with Crippen molar-refractivity contribution in [2.75, 3.05) is 5.32 Å². The number of hydrogen-bond acceptors (Lipinski definition) is 3. The first kappa shape index (κ1) is 21.7. The second kappa shape index (κ2) is 9.69. The Morgan fingerprint density at radius 1 is 0.900 bits per heavy atom. The van der Waals surface area contributed by atoms with Crippen LogP contribution in [-0.4, -0.2) is 14.3 Å². The van der Waals surface area contributed by atoms with E-state index in [1.165, 1.54) is 0 Å². The Morgan fingerprint density at radius 3 is 2.20 bits per heavy atom. The van der Waals surface area contributed by atoms with Crippen molar-refractivity contribution in [2.45, 2.75) is 37.6 Å². The molecular weight excluding hydrogens is 396 g/mol. The van der Waals surface area contributed by atoms with Crippen molar-refractivity contribution in [3.8, 4) is 0 Å². The molecule has 30 heavy (non-hydrogen) atoms. The molecule has 1 amide bonds. The third-order valence-electron chi connectivity index (χ3n) is 4.93. The number of carbonyl (C=O) groups excluding carboxylic acids is 1. The molecule has 156 valence electrons. The van der Waals surface area contributed by atoms with Gasteiger partial charge in [0.1, 0.15) is 0 Å². The molecule has 0 saturated heterocycles. The molecule has 3 aromatic carbocycles. The average Bonchev–Trinajstić information content (AvgIpc) is 2.74. The summed E-state index contributed by atoms with van der Waals surface area (Å²) in [4.78, 5) is 12.4. The van der Waals surface area contributed by atoms with E-state index in [0.717, 1.165) is 22.4 Å². The number of aryl methyl sites for hydroxylation is 2. The van der Waals surface area contributed by atoms with Crippen molar-refractivity contribution >= 4 is 21.6 Å². The van der Waals surface area contributed by atoms with Crippen molar-refractivity contribution in [3.63, 3.8) is 0 Å². The highest BCUT2D eigenvalue weighted by Crippen LogP contribution is 2.18. The Hall–Kier alpha value is -2.96. The Morgan fingerprint density at radius 2 is 1.53 bits per heavy atom. The van der Waals surface area contributed by atoms with Gasteiger partial charge in [0.2, 0.25) is 15.9 Å². The molecule has 1 atom stereocenters. The standard InChI is InChI=1S/C24H26N2O3S/c1-18-8-6-7-11-23(18)25-24(27)17-14-20-12-15-22(16-13-20)30(28,29)26-19(2)21-9-4-3-5-10-21/h3-13,15-16,19,26H,14,17H2,1-2H3,(H,25,27)/t19-/m1/s1. The van der Waals surface area contributed by atoms with Gasteiger partial charge in [0.15, 0.2) is 0 Å². The van der Waals surface area contributed by atoms with Gasteiger partial charge in [-0.1, -0.05) is 60.7 Å². The number of anilines is 1. The molecule has 0 radical (unpaired) electrons. The summed E-state index contributed by atoms with van der Waals surface area (Å²) in [5, 5.41) is 2.91. The number of sulfonamides is 1. The van der Waals surface area contributed by atoms with Crippen LogP contribution in [0.1, 0.15) is 36.1 Å². The summed E-state index contributed by atoms with van der Waals surface area (Å²) in [7, 11) is -3.63. The van der Waals surface area contributed by atoms with E-state index in [4.69, 9.17) is 0 Å². The van der Waals surface area contributed by atoms with E-state index in [9.17, 15) is 13.2 Å². The van der Waals surface area contributed by atoms with Gasteiger partial charge in [0.25, 0.3) is 0 Å². The molecule has 0 bridgehead atoms. The van der Waals surface area contributed by atoms with E-state index in [2.05, 4.69) is 10.0 Å². The smallest absolute Gasteiger partial charge is 0.241 e. The second-order valence-corrected chi connectivity index (χ2v) is 8.97. The summed E-state index contributed by atoms with van der Waals surface area (Å²) in [5.41, 5.74) is 3.63. The van der Waals surface area contributed by atoms with Crippen molar-refractivity contribution in [2.24, 2.45) is 0 Å². The monoisotopic (exact) mass is 422 g/mol. The van der Waals surface area contributed by atoms with E-state index in [0.29, 0.717) is 12.8 Å². The summed E-state index contributed by atoms with van der Waals surface area (Å²) in [6, 6.07) is 23.4. The van der Waals surface area contributed by atoms with Gasteiger partial charge < -0.3 is 5.32 Å². The summed E-state index contributed by atoms with van der Waals surface area (Å²) in [6.07, 6.45) is 0.857. The van der Waals surface area contributed by atoms with Crippen molar-refractivity contribution in [3.05, 3.63) is 95.6 Å². The van der Waals surface area contributed by atoms with Crippen LogP contribution in [0.5, 0.6) is 0 Å². The van der Waals surface area contributed by atoms with Gasteiger partial charge in [0.05, 0.1) is 4.90 Å². The van der Waals surface area contributed by atoms with Gasteiger partial charge in [-0.05, 0) is 55.2 Å². The van der Waals surface area contributed by atoms with E-state index in [1.54, 1.807) is 24.3 Å². The Kier molecular flexibility index (Phi) is 7.03. The maximum absolute atomic E-state index is 12.7. The van der Waals surface area contributed by atoms with Crippen LogP contribution in [0.25, 0.3) is 0 Å². The van der Waals surface area contributed by atoms with Gasteiger partial charge in [-0.2, -0.15) is 0 Å². The van der Waals surface area contributed by atoms with Gasteiger partial charge in [-0.25, -0.2) is 13.1 Å². The quantitative estimate of drug-likeness (QED) is 0.557. The third-order valence-corrected chi connectivity index (χ3v) is 6.48. The minimum atomic E-state index is -3.63. The van der Waals surface area contributed by atoms with E-state index < -0.39 is 10.0 Å². The van der Waals surface area contributed by atoms with Crippen LogP contribution in [-0.2, 0) is 21.2 Å². The molecule has 0 aliphatic heterocycles. The predicted octanol–water partition coefficient (Wildman–Crippen LogP) is 4.61. The zero-order valence-electron chi connectivity index (χ0n) is 17.1. The fraction of sp³-hybridized carbons (Fsp3) is 0.208. The highest BCUT2D eigenvalue weighted by atomic mass is 32.2. The van der Waals surface area contributed by atoms with Gasteiger partial charge in [0, 0.05) is 18.2 Å². The van der Waals surface area contributed by atoms with Crippen LogP contribution in [0.2, 0.25) is 0 Å². The lowest BCUT2D eigenvalue weighted by molar-refractivity contribution is -0.116. The first-order chi connectivity index (χ1) is 14.3. The van der Waals surface area contributed by atoms with E-state index >= 15 is 0 Å². The van der Waals surface area contributed by atoms with Crippen LogP contribution in [0.4, 0.5) is 5.69 Å². The summed E-state index contributed by atoms with van der Waals surface area (Å²) in [6.45, 7) is 3.76. The molecule has 2 N–H and O–H groups in total. The molecule has 0 fully saturated rings. The summed E-state index contributed by atoms with van der Waals surface area (Å²) < 4.78 is 28.0. The Bertz CT molecular complexity index is 1090. The molecule has 5 nitrogen and oxygen atoms in total. The molecule has 3 rings (SSSR count). The van der Waals surface area contributed by atoms with Gasteiger partial charge in [-0.15, -0.1) is 0 Å². The van der Waals surface area contributed by atoms with Crippen molar-refractivity contribution in [1.29, 1.82) is 0 Å². The zero-order valence-corrected chi connectivity index (χ0v) is 17.9. The van der Waals surface area contributed by atoms with Crippen LogP contribution >= 0.6 is 0 Å². The average molecular weight is 423 g/mol. The summed E-state index contributed by atoms with van der Waals surface area (Å²) in [5.74, 6) is -0.0700. The Labute approximate surface area is 178 Å². The predicted molar refractivity (Wildman–Crippen MR) is 120 cm³/mol. The zero-order chi connectivity index (χ0) is 21.6. The SMILES string of the molecule is Cc1ccccc1NC(=O)CCc1ccc(S(=O)(=O)N[C@H](C)c2ccccc2)cc1. The lowest BCUT2D eigenvalue weighted by Gasteiger charge is -2.15. The first-order valence-electron chi connectivity index (χ1n) is 9.87. The lowest BCUT2D eigenvalue weighted by Crippen LogP contribution is -2.26. The molecule has 0 unspecified atom stereocenters. The molecule has 0 aromatic heterocycles. The first-order valence-corrected chi connectivity index (χ1v) is 11.4. The van der Waals surface area contributed by atoms with Crippen molar-refractivity contribution in [1.82, 2.24) is 4.72 Å². The molecule has 0 heterocycles.